The topological polar surface area (TPSA) is 79.9 Å². The van der Waals surface area contributed by atoms with E-state index in [1.807, 2.05) is 0 Å². The molecule has 1 heterocycles. The highest BCUT2D eigenvalue weighted by Gasteiger charge is 2.27. The van der Waals surface area contributed by atoms with Gasteiger partial charge in [-0.1, -0.05) is 6.07 Å². The zero-order valence-corrected chi connectivity index (χ0v) is 15.4. The molecule has 0 aromatic heterocycles. The van der Waals surface area contributed by atoms with Crippen LogP contribution in [0.1, 0.15) is 41.7 Å². The molecule has 6 heteroatoms. The number of aryl methyl sites for hydroxylation is 2. The Hall–Kier alpha value is -3.02. The zero-order chi connectivity index (χ0) is 18.9. The molecule has 0 radical (unpaired) electrons. The first-order valence-electron chi connectivity index (χ1n) is 8.49. The summed E-state index contributed by atoms with van der Waals surface area (Å²) in [6.45, 7) is 8.42. The van der Waals surface area contributed by atoms with E-state index >= 15 is 0 Å². The minimum Gasteiger partial charge on any atom is -0.261 e. The first kappa shape index (κ1) is 17.8. The van der Waals surface area contributed by atoms with Crippen molar-refractivity contribution < 1.29 is 4.92 Å². The number of hydrogen-bond acceptors (Lipinski definition) is 5. The summed E-state index contributed by atoms with van der Waals surface area (Å²) in [5, 5.41) is 15.0. The average Bonchev–Trinajstić information content (AvgIpc) is 2.56. The van der Waals surface area contributed by atoms with Crippen molar-refractivity contribution in [3.05, 3.63) is 74.3 Å². The number of fused-ring (bicyclic) bond motifs is 1. The van der Waals surface area contributed by atoms with Gasteiger partial charge in [0.1, 0.15) is 5.84 Å². The molecule has 0 saturated heterocycles. The van der Waals surface area contributed by atoms with E-state index in [1.54, 1.807) is 18.3 Å². The highest BCUT2D eigenvalue weighted by Crippen LogP contribution is 2.28. The van der Waals surface area contributed by atoms with Gasteiger partial charge in [-0.3, -0.25) is 20.5 Å². The van der Waals surface area contributed by atoms with Gasteiger partial charge in [-0.05, 0) is 74.6 Å². The molecule has 3 rings (SSSR count). The maximum atomic E-state index is 10.7. The number of rotatable bonds is 3. The number of hydrazone groups is 1. The monoisotopic (exact) mass is 350 g/mol. The van der Waals surface area contributed by atoms with E-state index in [-0.39, 0.29) is 11.2 Å². The number of hydrogen-bond donors (Lipinski definition) is 1. The van der Waals surface area contributed by atoms with Gasteiger partial charge in [0.25, 0.3) is 5.69 Å². The van der Waals surface area contributed by atoms with E-state index in [4.69, 9.17) is 4.99 Å². The van der Waals surface area contributed by atoms with Crippen LogP contribution in [0, 0.1) is 24.0 Å². The molecular formula is C20H22N4O2. The van der Waals surface area contributed by atoms with Crippen molar-refractivity contribution in [1.29, 1.82) is 0 Å². The minimum absolute atomic E-state index is 0.0632. The Balaban J connectivity index is 1.83. The number of nitrogens with zero attached hydrogens (tertiary/aromatic N) is 3. The molecule has 0 unspecified atom stereocenters. The van der Waals surface area contributed by atoms with Crippen molar-refractivity contribution in [3.63, 3.8) is 0 Å². The normalized spacial score (nSPS) is 15.5. The van der Waals surface area contributed by atoms with E-state index in [9.17, 15) is 10.1 Å². The molecule has 2 aromatic carbocycles. The lowest BCUT2D eigenvalue weighted by atomic mass is 9.86. The van der Waals surface area contributed by atoms with Gasteiger partial charge in [0.2, 0.25) is 0 Å². The third-order valence-corrected chi connectivity index (χ3v) is 4.50. The van der Waals surface area contributed by atoms with Crippen molar-refractivity contribution in [2.24, 2.45) is 10.1 Å². The smallest absolute Gasteiger partial charge is 0.261 e. The first-order valence-corrected chi connectivity index (χ1v) is 8.49. The molecule has 134 valence electrons. The summed E-state index contributed by atoms with van der Waals surface area (Å²) in [5.74, 6) is 0.748. The number of aliphatic imine (C=N–C) groups is 1. The van der Waals surface area contributed by atoms with E-state index in [2.05, 4.69) is 50.4 Å². The summed E-state index contributed by atoms with van der Waals surface area (Å²) < 4.78 is 0. The molecule has 1 N–H and O–H groups in total. The maximum absolute atomic E-state index is 10.7. The van der Waals surface area contributed by atoms with Gasteiger partial charge in [0.15, 0.2) is 0 Å². The van der Waals surface area contributed by atoms with Crippen LogP contribution in [0.4, 0.5) is 5.69 Å². The second-order valence-electron chi connectivity index (χ2n) is 7.26. The zero-order valence-electron chi connectivity index (χ0n) is 15.4. The second-order valence-corrected chi connectivity index (χ2v) is 7.26. The van der Waals surface area contributed by atoms with Crippen LogP contribution in [0.2, 0.25) is 0 Å². The summed E-state index contributed by atoms with van der Waals surface area (Å²) in [6, 6.07) is 10.6. The van der Waals surface area contributed by atoms with E-state index in [0.29, 0.717) is 0 Å². The number of nitro benzene ring substituents is 1. The predicted molar refractivity (Wildman–Crippen MR) is 104 cm³/mol. The van der Waals surface area contributed by atoms with E-state index in [0.717, 1.165) is 23.4 Å². The predicted octanol–water partition coefficient (Wildman–Crippen LogP) is 3.92. The quantitative estimate of drug-likeness (QED) is 0.518. The maximum Gasteiger partial charge on any atom is 0.269 e. The summed E-state index contributed by atoms with van der Waals surface area (Å²) in [6.07, 6.45) is 2.52. The molecule has 0 amide bonds. The van der Waals surface area contributed by atoms with Crippen molar-refractivity contribution in [1.82, 2.24) is 5.43 Å². The van der Waals surface area contributed by atoms with Gasteiger partial charge < -0.3 is 0 Å². The van der Waals surface area contributed by atoms with E-state index in [1.165, 1.54) is 28.8 Å². The molecule has 0 fully saturated rings. The average molecular weight is 350 g/mol. The Bertz CT molecular complexity index is 912. The Morgan fingerprint density at radius 3 is 2.50 bits per heavy atom. The van der Waals surface area contributed by atoms with Crippen LogP contribution in [0.15, 0.2) is 46.5 Å². The number of nitrogens with one attached hydrogen (secondary N) is 1. The van der Waals surface area contributed by atoms with Gasteiger partial charge >= 0.3 is 0 Å². The third kappa shape index (κ3) is 3.79. The lowest BCUT2D eigenvalue weighted by molar-refractivity contribution is -0.384. The minimum atomic E-state index is -0.417. The van der Waals surface area contributed by atoms with Crippen LogP contribution in [0.3, 0.4) is 0 Å². The molecule has 0 aliphatic carbocycles. The molecule has 0 saturated carbocycles. The van der Waals surface area contributed by atoms with E-state index < -0.39 is 4.92 Å². The van der Waals surface area contributed by atoms with Gasteiger partial charge in [0.05, 0.1) is 16.7 Å². The second kappa shape index (κ2) is 6.71. The summed E-state index contributed by atoms with van der Waals surface area (Å²) in [5.41, 5.74) is 8.53. The van der Waals surface area contributed by atoms with Crippen LogP contribution in [-0.2, 0) is 6.42 Å². The van der Waals surface area contributed by atoms with Crippen LogP contribution < -0.4 is 5.43 Å². The van der Waals surface area contributed by atoms with Crippen molar-refractivity contribution >= 4 is 17.7 Å². The fourth-order valence-electron chi connectivity index (χ4n) is 3.05. The largest absolute Gasteiger partial charge is 0.269 e. The molecular weight excluding hydrogens is 328 g/mol. The summed E-state index contributed by atoms with van der Waals surface area (Å²) in [7, 11) is 0. The van der Waals surface area contributed by atoms with Crippen LogP contribution in [-0.4, -0.2) is 22.5 Å². The van der Waals surface area contributed by atoms with Crippen LogP contribution in [0.25, 0.3) is 0 Å². The lowest BCUT2D eigenvalue weighted by Crippen LogP contribution is -2.34. The Morgan fingerprint density at radius 2 is 1.85 bits per heavy atom. The van der Waals surface area contributed by atoms with Crippen molar-refractivity contribution in [3.8, 4) is 0 Å². The molecule has 0 atom stereocenters. The van der Waals surface area contributed by atoms with Gasteiger partial charge in [-0.2, -0.15) is 5.10 Å². The highest BCUT2D eigenvalue weighted by molar-refractivity contribution is 6.02. The SMILES string of the molecule is Cc1cc2c(cc1C)C(N/N=C\c1ccc([N+](=O)[O-])cc1)=NC(C)(C)C2. The molecule has 26 heavy (non-hydrogen) atoms. The first-order chi connectivity index (χ1) is 12.2. The standard InChI is InChI=1S/C20H22N4O2/c1-13-9-16-11-20(3,4)22-19(18(16)10-14(13)2)23-21-12-15-5-7-17(8-6-15)24(25)26/h5-10,12H,11H2,1-4H3,(H,22,23)/b21-12-. The third-order valence-electron chi connectivity index (χ3n) is 4.50. The molecule has 1 aliphatic rings. The number of benzene rings is 2. The fourth-order valence-corrected chi connectivity index (χ4v) is 3.05. The van der Waals surface area contributed by atoms with Crippen LogP contribution >= 0.6 is 0 Å². The Labute approximate surface area is 152 Å². The highest BCUT2D eigenvalue weighted by atomic mass is 16.6. The fraction of sp³-hybridized carbons (Fsp3) is 0.300. The number of amidine groups is 1. The number of non-ortho nitro benzene ring substituents is 1. The Morgan fingerprint density at radius 1 is 1.19 bits per heavy atom. The molecule has 0 bridgehead atoms. The Kier molecular flexibility index (Phi) is 4.59. The molecule has 6 nitrogen and oxygen atoms in total. The van der Waals surface area contributed by atoms with Crippen molar-refractivity contribution in [2.75, 3.05) is 0 Å². The molecule has 1 aliphatic heterocycles. The number of nitro groups is 1. The molecule has 2 aromatic rings. The van der Waals surface area contributed by atoms with Gasteiger partial charge in [0, 0.05) is 17.7 Å². The summed E-state index contributed by atoms with van der Waals surface area (Å²) >= 11 is 0. The molecule has 0 spiro atoms. The van der Waals surface area contributed by atoms with Gasteiger partial charge in [-0.25, -0.2) is 0 Å². The van der Waals surface area contributed by atoms with Crippen LogP contribution in [0.5, 0.6) is 0 Å². The summed E-state index contributed by atoms with van der Waals surface area (Å²) in [4.78, 5) is 15.1. The lowest BCUT2D eigenvalue weighted by Gasteiger charge is -2.29. The van der Waals surface area contributed by atoms with Gasteiger partial charge in [-0.15, -0.1) is 0 Å². The van der Waals surface area contributed by atoms with Crippen molar-refractivity contribution in [2.45, 2.75) is 39.7 Å².